The second-order valence-electron chi connectivity index (χ2n) is 5.69. The molecule has 6 nitrogen and oxygen atoms in total. The van der Waals surface area contributed by atoms with Crippen LogP contribution in [0, 0.1) is 11.6 Å². The molecule has 0 spiro atoms. The number of carbonyl (C=O) groups excluding carboxylic acids is 1. The Morgan fingerprint density at radius 1 is 1.18 bits per heavy atom. The van der Waals surface area contributed by atoms with Crippen molar-refractivity contribution in [2.45, 2.75) is 20.0 Å². The molecule has 0 atom stereocenters. The van der Waals surface area contributed by atoms with Crippen LogP contribution in [0.4, 0.5) is 8.78 Å². The first-order valence-electron chi connectivity index (χ1n) is 8.44. The Morgan fingerprint density at radius 2 is 1.96 bits per heavy atom. The lowest BCUT2D eigenvalue weighted by Gasteiger charge is -2.12. The lowest BCUT2D eigenvalue weighted by Crippen LogP contribution is -2.37. The zero-order chi connectivity index (χ0) is 19.6. The summed E-state index contributed by atoms with van der Waals surface area (Å²) in [4.78, 5) is 15.2. The lowest BCUT2D eigenvalue weighted by molar-refractivity contribution is -0.119. The molecule has 0 aliphatic carbocycles. The number of carbonyl (C=O) groups is 1. The molecule has 0 aromatic heterocycles. The van der Waals surface area contributed by atoms with Gasteiger partial charge in [-0.05, 0) is 42.8 Å². The van der Waals surface area contributed by atoms with Gasteiger partial charge in [0.05, 0.1) is 6.54 Å². The topological polar surface area (TPSA) is 88.7 Å². The number of nitrogens with one attached hydrogen (secondary N) is 2. The van der Waals surface area contributed by atoms with Crippen molar-refractivity contribution >= 4 is 35.8 Å². The van der Waals surface area contributed by atoms with Gasteiger partial charge in [-0.3, -0.25) is 4.79 Å². The Balaban J connectivity index is 0.00000392. The molecule has 0 bridgehead atoms. The van der Waals surface area contributed by atoms with Gasteiger partial charge in [0.15, 0.2) is 12.6 Å². The van der Waals surface area contributed by atoms with Gasteiger partial charge in [0.2, 0.25) is 0 Å². The third-order valence-corrected chi connectivity index (χ3v) is 3.50. The molecule has 152 valence electrons. The maximum atomic E-state index is 13.7. The Kier molecular flexibility index (Phi) is 10.2. The van der Waals surface area contributed by atoms with Crippen molar-refractivity contribution in [3.8, 4) is 5.75 Å². The van der Waals surface area contributed by atoms with E-state index in [9.17, 15) is 13.6 Å². The maximum Gasteiger partial charge on any atom is 0.255 e. The third kappa shape index (κ3) is 8.07. The molecule has 0 saturated heterocycles. The number of hydrogen-bond acceptors (Lipinski definition) is 3. The number of halogens is 3. The van der Waals surface area contributed by atoms with Crippen molar-refractivity contribution in [1.82, 2.24) is 10.6 Å². The third-order valence-electron chi connectivity index (χ3n) is 3.50. The molecule has 0 unspecified atom stereocenters. The number of rotatable bonds is 8. The molecule has 28 heavy (non-hydrogen) atoms. The van der Waals surface area contributed by atoms with Gasteiger partial charge in [0, 0.05) is 18.7 Å². The summed E-state index contributed by atoms with van der Waals surface area (Å²) >= 11 is 0. The minimum Gasteiger partial charge on any atom is -0.484 e. The minimum absolute atomic E-state index is 0. The normalized spacial score (nSPS) is 10.8. The summed E-state index contributed by atoms with van der Waals surface area (Å²) in [6.45, 7) is 2.74. The predicted octanol–water partition coefficient (Wildman–Crippen LogP) is 2.70. The predicted molar refractivity (Wildman–Crippen MR) is 115 cm³/mol. The number of guanidine groups is 1. The van der Waals surface area contributed by atoms with E-state index in [1.165, 1.54) is 0 Å². The van der Waals surface area contributed by atoms with Crippen LogP contribution in [-0.2, 0) is 17.9 Å². The summed E-state index contributed by atoms with van der Waals surface area (Å²) in [5.41, 5.74) is 6.12. The molecule has 0 aliphatic heterocycles. The first-order chi connectivity index (χ1) is 13.0. The van der Waals surface area contributed by atoms with Crippen LogP contribution in [0.15, 0.2) is 47.5 Å². The van der Waals surface area contributed by atoms with E-state index in [4.69, 9.17) is 10.5 Å². The van der Waals surface area contributed by atoms with Crippen molar-refractivity contribution in [2.24, 2.45) is 10.7 Å². The van der Waals surface area contributed by atoms with Crippen LogP contribution in [-0.4, -0.2) is 25.0 Å². The van der Waals surface area contributed by atoms with Crippen molar-refractivity contribution in [3.63, 3.8) is 0 Å². The van der Waals surface area contributed by atoms with Gasteiger partial charge in [-0.1, -0.05) is 12.1 Å². The molecule has 2 rings (SSSR count). The number of hydrogen-bond donors (Lipinski definition) is 3. The summed E-state index contributed by atoms with van der Waals surface area (Å²) in [5, 5.41) is 6.01. The molecule has 9 heteroatoms. The van der Waals surface area contributed by atoms with Crippen LogP contribution >= 0.6 is 24.0 Å². The SMILES string of the molecule is CCNC(=NCc1cccc(OCC(N)=O)c1)NCc1cc(F)ccc1F.I. The number of ether oxygens (including phenoxy) is 1. The van der Waals surface area contributed by atoms with Crippen LogP contribution in [0.2, 0.25) is 0 Å². The Hall–Kier alpha value is -2.43. The Labute approximate surface area is 179 Å². The molecular formula is C19H23F2IN4O2. The van der Waals surface area contributed by atoms with Gasteiger partial charge in [0.1, 0.15) is 17.4 Å². The molecule has 1 amide bonds. The van der Waals surface area contributed by atoms with Gasteiger partial charge < -0.3 is 21.1 Å². The van der Waals surface area contributed by atoms with Gasteiger partial charge in [0.25, 0.3) is 5.91 Å². The second kappa shape index (κ2) is 12.1. The van der Waals surface area contributed by atoms with Crippen LogP contribution in [0.3, 0.4) is 0 Å². The van der Waals surface area contributed by atoms with E-state index in [1.54, 1.807) is 18.2 Å². The molecular weight excluding hydrogens is 481 g/mol. The number of nitrogens with two attached hydrogens (primary N) is 1. The van der Waals surface area contributed by atoms with Crippen molar-refractivity contribution in [2.75, 3.05) is 13.2 Å². The zero-order valence-electron chi connectivity index (χ0n) is 15.4. The fraction of sp³-hybridized carbons (Fsp3) is 0.263. The smallest absolute Gasteiger partial charge is 0.255 e. The van der Waals surface area contributed by atoms with Crippen molar-refractivity contribution < 1.29 is 18.3 Å². The monoisotopic (exact) mass is 504 g/mol. The van der Waals surface area contributed by atoms with E-state index in [0.29, 0.717) is 24.8 Å². The highest BCUT2D eigenvalue weighted by atomic mass is 127. The molecule has 0 radical (unpaired) electrons. The number of nitrogens with zero attached hydrogens (tertiary/aromatic N) is 1. The molecule has 2 aromatic carbocycles. The minimum atomic E-state index is -0.554. The van der Waals surface area contributed by atoms with Crippen molar-refractivity contribution in [3.05, 3.63) is 65.2 Å². The van der Waals surface area contributed by atoms with E-state index in [1.807, 2.05) is 13.0 Å². The van der Waals surface area contributed by atoms with E-state index in [-0.39, 0.29) is 42.7 Å². The summed E-state index contributed by atoms with van der Waals surface area (Å²) in [6.07, 6.45) is 0. The molecule has 0 heterocycles. The average molecular weight is 504 g/mol. The summed E-state index contributed by atoms with van der Waals surface area (Å²) in [6, 6.07) is 10.4. The fourth-order valence-corrected chi connectivity index (χ4v) is 2.26. The first-order valence-corrected chi connectivity index (χ1v) is 8.44. The number of aliphatic imine (C=N–C) groups is 1. The van der Waals surface area contributed by atoms with Crippen LogP contribution < -0.4 is 21.1 Å². The lowest BCUT2D eigenvalue weighted by atomic mass is 10.2. The quantitative estimate of drug-likeness (QED) is 0.293. The van der Waals surface area contributed by atoms with Crippen LogP contribution in [0.25, 0.3) is 0 Å². The van der Waals surface area contributed by atoms with Gasteiger partial charge >= 0.3 is 0 Å². The highest BCUT2D eigenvalue weighted by Gasteiger charge is 2.06. The van der Waals surface area contributed by atoms with Crippen LogP contribution in [0.1, 0.15) is 18.1 Å². The van der Waals surface area contributed by atoms with Gasteiger partial charge in [-0.25, -0.2) is 13.8 Å². The largest absolute Gasteiger partial charge is 0.484 e. The highest BCUT2D eigenvalue weighted by molar-refractivity contribution is 14.0. The highest BCUT2D eigenvalue weighted by Crippen LogP contribution is 2.14. The second-order valence-corrected chi connectivity index (χ2v) is 5.69. The molecule has 2 aromatic rings. The standard InChI is InChI=1S/C19H22F2N4O2.HI/c1-2-23-19(25-11-14-9-15(20)6-7-17(14)21)24-10-13-4-3-5-16(8-13)27-12-18(22)26;/h3-9H,2,10-12H2,1H3,(H2,22,26)(H2,23,24,25);1H. The summed E-state index contributed by atoms with van der Waals surface area (Å²) in [7, 11) is 0. The van der Waals surface area contributed by atoms with E-state index < -0.39 is 17.5 Å². The number of primary amides is 1. The summed E-state index contributed by atoms with van der Waals surface area (Å²) < 4.78 is 32.2. The maximum absolute atomic E-state index is 13.7. The van der Waals surface area contributed by atoms with Crippen molar-refractivity contribution in [1.29, 1.82) is 0 Å². The van der Waals surface area contributed by atoms with Gasteiger partial charge in [-0.2, -0.15) is 0 Å². The van der Waals surface area contributed by atoms with E-state index in [0.717, 1.165) is 23.8 Å². The number of benzene rings is 2. The first kappa shape index (κ1) is 23.6. The van der Waals surface area contributed by atoms with Gasteiger partial charge in [-0.15, -0.1) is 24.0 Å². The molecule has 0 fully saturated rings. The molecule has 0 aliphatic rings. The average Bonchev–Trinajstić information content (AvgIpc) is 2.65. The zero-order valence-corrected chi connectivity index (χ0v) is 17.7. The summed E-state index contributed by atoms with van der Waals surface area (Å²) in [5.74, 6) is -0.561. The molecule has 4 N–H and O–H groups in total. The Morgan fingerprint density at radius 3 is 2.68 bits per heavy atom. The molecule has 0 saturated carbocycles. The number of amides is 1. The van der Waals surface area contributed by atoms with Crippen LogP contribution in [0.5, 0.6) is 5.75 Å². The Bertz CT molecular complexity index is 818. The van der Waals surface area contributed by atoms with E-state index in [2.05, 4.69) is 15.6 Å². The fourth-order valence-electron chi connectivity index (χ4n) is 2.26. The van der Waals surface area contributed by atoms with E-state index >= 15 is 0 Å².